The van der Waals surface area contributed by atoms with Crippen molar-refractivity contribution in [2.24, 2.45) is 4.99 Å². The number of carboxylic acid groups (broad SMARTS) is 1. The van der Waals surface area contributed by atoms with E-state index >= 15 is 0 Å². The van der Waals surface area contributed by atoms with Gasteiger partial charge in [-0.3, -0.25) is 0 Å². The van der Waals surface area contributed by atoms with Crippen LogP contribution in [0, 0.1) is 0 Å². The Hall–Kier alpha value is -2.79. The lowest BCUT2D eigenvalue weighted by Crippen LogP contribution is -2.33. The Morgan fingerprint density at radius 3 is 2.63 bits per heavy atom. The third-order valence-electron chi connectivity index (χ3n) is 3.59. The summed E-state index contributed by atoms with van der Waals surface area (Å²) in [6.07, 6.45) is -4.77. The molecule has 0 unspecified atom stereocenters. The molecular formula is C16H14F3N3O4S. The van der Waals surface area contributed by atoms with Gasteiger partial charge in [-0.1, -0.05) is 0 Å². The lowest BCUT2D eigenvalue weighted by molar-refractivity contribution is -0.274. The van der Waals surface area contributed by atoms with Gasteiger partial charge in [-0.25, -0.2) is 9.79 Å². The standard InChI is InChI=1S/C16H14F3N3O4S/c17-16(18,19)26-10-3-1-9(2-4-10)21-13-11-7-12(15(24)25)27-14(11)22(5-6-23)8-20-13/h1-4,7,23H,5-6,8H2,(H,20,21)(H,24,25). The summed E-state index contributed by atoms with van der Waals surface area (Å²) < 4.78 is 40.5. The van der Waals surface area contributed by atoms with Crippen molar-refractivity contribution in [3.8, 4) is 5.75 Å². The number of aliphatic imine (C=N–C) groups is 1. The van der Waals surface area contributed by atoms with Crippen LogP contribution in [0.5, 0.6) is 5.75 Å². The molecule has 11 heteroatoms. The zero-order valence-electron chi connectivity index (χ0n) is 13.7. The molecule has 2 heterocycles. The van der Waals surface area contributed by atoms with Crippen LogP contribution >= 0.6 is 11.3 Å². The number of ether oxygens (including phenoxy) is 1. The largest absolute Gasteiger partial charge is 0.573 e. The number of anilines is 2. The van der Waals surface area contributed by atoms with Crippen molar-refractivity contribution in [3.63, 3.8) is 0 Å². The minimum Gasteiger partial charge on any atom is -0.477 e. The zero-order chi connectivity index (χ0) is 19.6. The molecule has 1 aromatic carbocycles. The number of amidine groups is 1. The minimum absolute atomic E-state index is 0.112. The maximum absolute atomic E-state index is 12.2. The summed E-state index contributed by atoms with van der Waals surface area (Å²) in [5.41, 5.74) is 1.01. The first-order valence-electron chi connectivity index (χ1n) is 7.67. The van der Waals surface area contributed by atoms with Gasteiger partial charge in [0.05, 0.1) is 12.2 Å². The monoisotopic (exact) mass is 401 g/mol. The number of rotatable bonds is 5. The van der Waals surface area contributed by atoms with Crippen LogP contribution in [0.1, 0.15) is 15.2 Å². The molecule has 0 saturated heterocycles. The zero-order valence-corrected chi connectivity index (χ0v) is 14.5. The minimum atomic E-state index is -4.77. The van der Waals surface area contributed by atoms with E-state index < -0.39 is 12.3 Å². The molecule has 0 atom stereocenters. The number of alkyl halides is 3. The lowest BCUT2D eigenvalue weighted by Gasteiger charge is -2.26. The number of halogens is 3. The average molecular weight is 401 g/mol. The van der Waals surface area contributed by atoms with Crippen molar-refractivity contribution in [3.05, 3.63) is 40.8 Å². The molecule has 1 aliphatic rings. The molecule has 0 aliphatic carbocycles. The van der Waals surface area contributed by atoms with Gasteiger partial charge < -0.3 is 25.2 Å². The number of hydrogen-bond donors (Lipinski definition) is 3. The van der Waals surface area contributed by atoms with Crippen LogP contribution in [0.4, 0.5) is 23.9 Å². The first-order valence-corrected chi connectivity index (χ1v) is 8.49. The van der Waals surface area contributed by atoms with Gasteiger partial charge in [-0.05, 0) is 30.3 Å². The molecule has 2 aromatic rings. The van der Waals surface area contributed by atoms with Gasteiger partial charge in [-0.15, -0.1) is 24.5 Å². The molecule has 7 nitrogen and oxygen atoms in total. The fraction of sp³-hybridized carbons (Fsp3) is 0.250. The molecule has 0 bridgehead atoms. The molecule has 27 heavy (non-hydrogen) atoms. The molecule has 0 amide bonds. The van der Waals surface area contributed by atoms with Crippen molar-refractivity contribution in [1.82, 2.24) is 0 Å². The number of hydrogen-bond acceptors (Lipinski definition) is 7. The first kappa shape index (κ1) is 19.0. The predicted molar refractivity (Wildman–Crippen MR) is 93.9 cm³/mol. The number of nitrogens with one attached hydrogen (secondary N) is 1. The number of benzene rings is 1. The highest BCUT2D eigenvalue weighted by atomic mass is 32.1. The van der Waals surface area contributed by atoms with E-state index in [2.05, 4.69) is 15.0 Å². The van der Waals surface area contributed by atoms with E-state index in [4.69, 9.17) is 5.11 Å². The van der Waals surface area contributed by atoms with Crippen molar-refractivity contribution < 1.29 is 32.9 Å². The summed E-state index contributed by atoms with van der Waals surface area (Å²) in [5.74, 6) is -1.03. The van der Waals surface area contributed by atoms with Crippen LogP contribution in [0.25, 0.3) is 0 Å². The number of thiophene rings is 1. The maximum atomic E-state index is 12.2. The van der Waals surface area contributed by atoms with E-state index in [-0.39, 0.29) is 23.9 Å². The van der Waals surface area contributed by atoms with E-state index in [1.165, 1.54) is 18.2 Å². The molecule has 0 spiro atoms. The van der Waals surface area contributed by atoms with Gasteiger partial charge in [-0.2, -0.15) is 0 Å². The van der Waals surface area contributed by atoms with Gasteiger partial charge in [0.1, 0.15) is 28.1 Å². The number of fused-ring (bicyclic) bond motifs is 1. The summed E-state index contributed by atoms with van der Waals surface area (Å²) in [6.45, 7) is 0.399. The summed E-state index contributed by atoms with van der Waals surface area (Å²) in [6, 6.07) is 6.59. The van der Waals surface area contributed by atoms with Crippen LogP contribution in [0.2, 0.25) is 0 Å². The molecule has 1 aromatic heterocycles. The second kappa shape index (κ2) is 7.45. The van der Waals surface area contributed by atoms with Crippen LogP contribution in [-0.2, 0) is 0 Å². The van der Waals surface area contributed by atoms with E-state index in [0.717, 1.165) is 23.5 Å². The maximum Gasteiger partial charge on any atom is 0.573 e. The molecular weight excluding hydrogens is 387 g/mol. The van der Waals surface area contributed by atoms with Gasteiger partial charge in [0.2, 0.25) is 0 Å². The Balaban J connectivity index is 1.82. The number of aliphatic hydroxyl groups excluding tert-OH is 1. The number of β-amino-alcohol motifs (C(OH)–C–C–N with tert-alkyl or cyclic N) is 1. The van der Waals surface area contributed by atoms with Crippen LogP contribution < -0.4 is 15.0 Å². The Morgan fingerprint density at radius 1 is 1.33 bits per heavy atom. The third kappa shape index (κ3) is 4.49. The molecule has 0 saturated carbocycles. The number of aliphatic hydroxyl groups is 1. The van der Waals surface area contributed by atoms with E-state index in [0.29, 0.717) is 28.6 Å². The summed E-state index contributed by atoms with van der Waals surface area (Å²) in [7, 11) is 0. The number of carboxylic acids is 1. The molecule has 3 N–H and O–H groups in total. The van der Waals surface area contributed by atoms with E-state index in [1.54, 1.807) is 4.90 Å². The molecule has 144 valence electrons. The number of carbonyl (C=O) groups is 1. The van der Waals surface area contributed by atoms with Crippen LogP contribution in [0.3, 0.4) is 0 Å². The Morgan fingerprint density at radius 2 is 2.04 bits per heavy atom. The Kier molecular flexibility index (Phi) is 5.24. The second-order valence-corrected chi connectivity index (χ2v) is 6.50. The molecule has 3 rings (SSSR count). The predicted octanol–water partition coefficient (Wildman–Crippen LogP) is 2.97. The summed E-state index contributed by atoms with van der Waals surface area (Å²) >= 11 is 1.06. The van der Waals surface area contributed by atoms with Crippen molar-refractivity contribution in [2.75, 3.05) is 30.0 Å². The fourth-order valence-corrected chi connectivity index (χ4v) is 3.49. The smallest absolute Gasteiger partial charge is 0.477 e. The van der Waals surface area contributed by atoms with Crippen LogP contribution in [-0.4, -0.2) is 48.2 Å². The first-order chi connectivity index (χ1) is 12.8. The van der Waals surface area contributed by atoms with E-state index in [9.17, 15) is 23.1 Å². The molecule has 0 radical (unpaired) electrons. The normalized spacial score (nSPS) is 13.8. The van der Waals surface area contributed by atoms with Gasteiger partial charge in [0.15, 0.2) is 0 Å². The summed E-state index contributed by atoms with van der Waals surface area (Å²) in [5, 5.41) is 22.0. The quantitative estimate of drug-likeness (QED) is 0.713. The average Bonchev–Trinajstić information content (AvgIpc) is 3.04. The fourth-order valence-electron chi connectivity index (χ4n) is 2.47. The van der Waals surface area contributed by atoms with Crippen molar-refractivity contribution >= 4 is 33.8 Å². The SMILES string of the molecule is O=C(O)c1cc2c(s1)N(CCO)CN=C2Nc1ccc(OC(F)(F)F)cc1. The third-order valence-corrected chi connectivity index (χ3v) is 4.77. The lowest BCUT2D eigenvalue weighted by atomic mass is 10.2. The van der Waals surface area contributed by atoms with Crippen molar-refractivity contribution in [2.45, 2.75) is 6.36 Å². The molecule has 1 aliphatic heterocycles. The highest BCUT2D eigenvalue weighted by Crippen LogP contribution is 2.35. The summed E-state index contributed by atoms with van der Waals surface area (Å²) in [4.78, 5) is 17.5. The molecule has 0 fully saturated rings. The Labute approximate surface area is 155 Å². The van der Waals surface area contributed by atoms with Crippen LogP contribution in [0.15, 0.2) is 35.3 Å². The topological polar surface area (TPSA) is 94.4 Å². The number of nitrogens with zero attached hydrogens (tertiary/aromatic N) is 2. The van der Waals surface area contributed by atoms with Gasteiger partial charge in [0.25, 0.3) is 0 Å². The highest BCUT2D eigenvalue weighted by molar-refractivity contribution is 7.18. The second-order valence-electron chi connectivity index (χ2n) is 5.47. The van der Waals surface area contributed by atoms with Crippen molar-refractivity contribution in [1.29, 1.82) is 0 Å². The van der Waals surface area contributed by atoms with E-state index in [1.807, 2.05) is 0 Å². The number of aromatic carboxylic acids is 1. The highest BCUT2D eigenvalue weighted by Gasteiger charge is 2.31. The van der Waals surface area contributed by atoms with Gasteiger partial charge >= 0.3 is 12.3 Å². The Bertz CT molecular complexity index is 865. The van der Waals surface area contributed by atoms with Gasteiger partial charge in [0, 0.05) is 12.2 Å².